The van der Waals surface area contributed by atoms with E-state index in [1.165, 1.54) is 0 Å². The highest BCUT2D eigenvalue weighted by molar-refractivity contribution is 5.91. The third kappa shape index (κ3) is 5.62. The van der Waals surface area contributed by atoms with Gasteiger partial charge in [0.15, 0.2) is 0 Å². The second kappa shape index (κ2) is 9.82. The van der Waals surface area contributed by atoms with Gasteiger partial charge in [-0.05, 0) is 24.8 Å². The van der Waals surface area contributed by atoms with E-state index in [0.717, 1.165) is 0 Å². The smallest absolute Gasteiger partial charge is 0.272 e. The molecular weight excluding hydrogens is 348 g/mol. The van der Waals surface area contributed by atoms with Gasteiger partial charge in [0, 0.05) is 18.5 Å². The minimum atomic E-state index is -0.666. The number of aliphatic hydroxyl groups excluding tert-OH is 1. The number of aromatic nitrogens is 2. The fraction of sp³-hybridized carbons (Fsp3) is 0.474. The van der Waals surface area contributed by atoms with Gasteiger partial charge in [-0.15, -0.1) is 0 Å². The van der Waals surface area contributed by atoms with Crippen molar-refractivity contribution in [1.29, 1.82) is 0 Å². The fourth-order valence-corrected chi connectivity index (χ4v) is 2.78. The van der Waals surface area contributed by atoms with Crippen molar-refractivity contribution in [1.82, 2.24) is 20.8 Å². The largest absolute Gasteiger partial charge is 0.396 e. The quantitative estimate of drug-likeness (QED) is 0.476. The molecule has 2 rings (SSSR count). The van der Waals surface area contributed by atoms with Crippen LogP contribution in [0.25, 0.3) is 10.8 Å². The molecule has 0 saturated carbocycles. The highest BCUT2D eigenvalue weighted by atomic mass is 16.3. The molecule has 0 aliphatic heterocycles. The Balaban J connectivity index is 2.05. The van der Waals surface area contributed by atoms with Crippen LogP contribution >= 0.6 is 0 Å². The molecule has 27 heavy (non-hydrogen) atoms. The lowest BCUT2D eigenvalue weighted by Gasteiger charge is -2.21. The lowest BCUT2D eigenvalue weighted by Crippen LogP contribution is -2.50. The molecule has 1 atom stereocenters. The fourth-order valence-electron chi connectivity index (χ4n) is 2.78. The molecule has 0 bridgehead atoms. The standard InChI is InChI=1S/C19H26N4O4/c1-12(2)17(19(27)20-9-5-6-10-24)21-16(25)11-15-13-7-3-4-8-14(13)18(26)23-22-15/h3-4,7-8,12,17,24H,5-6,9-11H2,1-2H3,(H,20,27)(H,21,25)(H,23,26). The zero-order valence-electron chi connectivity index (χ0n) is 15.6. The number of hydrogen-bond acceptors (Lipinski definition) is 5. The number of hydrogen-bond donors (Lipinski definition) is 4. The van der Waals surface area contributed by atoms with Gasteiger partial charge < -0.3 is 15.7 Å². The van der Waals surface area contributed by atoms with Crippen LogP contribution in [0.5, 0.6) is 0 Å². The summed E-state index contributed by atoms with van der Waals surface area (Å²) in [6.45, 7) is 4.24. The Bertz CT molecular complexity index is 847. The van der Waals surface area contributed by atoms with Gasteiger partial charge >= 0.3 is 0 Å². The van der Waals surface area contributed by atoms with E-state index in [1.807, 2.05) is 13.8 Å². The van der Waals surface area contributed by atoms with E-state index < -0.39 is 6.04 Å². The lowest BCUT2D eigenvalue weighted by molar-refractivity contribution is -0.129. The maximum Gasteiger partial charge on any atom is 0.272 e. The molecule has 0 radical (unpaired) electrons. The molecule has 1 aromatic carbocycles. The average Bonchev–Trinajstić information content (AvgIpc) is 2.65. The Morgan fingerprint density at radius 1 is 1.19 bits per heavy atom. The number of benzene rings is 1. The molecule has 8 nitrogen and oxygen atoms in total. The van der Waals surface area contributed by atoms with Crippen LogP contribution in [0.2, 0.25) is 0 Å². The second-order valence-electron chi connectivity index (χ2n) is 6.73. The highest BCUT2D eigenvalue weighted by Crippen LogP contribution is 2.13. The number of aliphatic hydroxyl groups is 1. The molecule has 0 aliphatic carbocycles. The number of carbonyl (C=O) groups is 2. The van der Waals surface area contributed by atoms with Crippen molar-refractivity contribution < 1.29 is 14.7 Å². The molecule has 1 heterocycles. The van der Waals surface area contributed by atoms with Crippen LogP contribution < -0.4 is 16.2 Å². The molecule has 0 spiro atoms. The van der Waals surface area contributed by atoms with Crippen molar-refractivity contribution in [3.63, 3.8) is 0 Å². The summed E-state index contributed by atoms with van der Waals surface area (Å²) in [5.74, 6) is -0.688. The third-order valence-corrected chi connectivity index (χ3v) is 4.25. The van der Waals surface area contributed by atoms with E-state index in [9.17, 15) is 14.4 Å². The van der Waals surface area contributed by atoms with E-state index >= 15 is 0 Å². The number of fused-ring (bicyclic) bond motifs is 1. The molecule has 1 unspecified atom stereocenters. The maximum absolute atomic E-state index is 12.5. The predicted octanol–water partition coefficient (Wildman–Crippen LogP) is 0.495. The van der Waals surface area contributed by atoms with Gasteiger partial charge in [0.2, 0.25) is 11.8 Å². The predicted molar refractivity (Wildman–Crippen MR) is 102 cm³/mol. The van der Waals surface area contributed by atoms with Gasteiger partial charge in [0.05, 0.1) is 17.5 Å². The van der Waals surface area contributed by atoms with E-state index in [1.54, 1.807) is 24.3 Å². The Morgan fingerprint density at radius 2 is 1.89 bits per heavy atom. The summed E-state index contributed by atoms with van der Waals surface area (Å²) in [6.07, 6.45) is 1.25. The Labute approximate surface area is 157 Å². The van der Waals surface area contributed by atoms with Gasteiger partial charge in [-0.2, -0.15) is 5.10 Å². The zero-order chi connectivity index (χ0) is 19.8. The molecule has 146 valence electrons. The minimum absolute atomic E-state index is 0.0433. The third-order valence-electron chi connectivity index (χ3n) is 4.25. The highest BCUT2D eigenvalue weighted by Gasteiger charge is 2.24. The lowest BCUT2D eigenvalue weighted by atomic mass is 10.0. The van der Waals surface area contributed by atoms with E-state index in [2.05, 4.69) is 20.8 Å². The molecule has 0 aliphatic rings. The number of amides is 2. The molecule has 1 aromatic heterocycles. The van der Waals surface area contributed by atoms with Crippen molar-refractivity contribution in [3.05, 3.63) is 40.3 Å². The van der Waals surface area contributed by atoms with Crippen LogP contribution in [0.1, 0.15) is 32.4 Å². The van der Waals surface area contributed by atoms with Crippen LogP contribution in [-0.4, -0.2) is 46.3 Å². The van der Waals surface area contributed by atoms with Crippen LogP contribution in [-0.2, 0) is 16.0 Å². The number of nitrogens with one attached hydrogen (secondary N) is 3. The summed E-state index contributed by atoms with van der Waals surface area (Å²) >= 11 is 0. The van der Waals surface area contributed by atoms with Crippen molar-refractivity contribution in [2.45, 2.75) is 39.2 Å². The number of aromatic amines is 1. The molecule has 2 amide bonds. The van der Waals surface area contributed by atoms with Crippen molar-refractivity contribution in [2.24, 2.45) is 5.92 Å². The number of carbonyl (C=O) groups excluding carboxylic acids is 2. The van der Waals surface area contributed by atoms with Crippen LogP contribution in [0, 0.1) is 5.92 Å². The number of rotatable bonds is 9. The Morgan fingerprint density at radius 3 is 2.56 bits per heavy atom. The molecule has 0 saturated heterocycles. The number of H-pyrrole nitrogens is 1. The van der Waals surface area contributed by atoms with E-state index in [0.29, 0.717) is 35.9 Å². The summed E-state index contributed by atoms with van der Waals surface area (Å²) in [5.41, 5.74) is 0.144. The topological polar surface area (TPSA) is 124 Å². The summed E-state index contributed by atoms with van der Waals surface area (Å²) in [6, 6.07) is 6.28. The molecule has 0 fully saturated rings. The first-order chi connectivity index (χ1) is 12.9. The van der Waals surface area contributed by atoms with Crippen molar-refractivity contribution >= 4 is 22.6 Å². The molecule has 4 N–H and O–H groups in total. The zero-order valence-corrected chi connectivity index (χ0v) is 15.6. The van der Waals surface area contributed by atoms with Crippen LogP contribution in [0.15, 0.2) is 29.1 Å². The summed E-state index contributed by atoms with van der Waals surface area (Å²) in [5, 5.41) is 21.8. The van der Waals surface area contributed by atoms with Crippen LogP contribution in [0.4, 0.5) is 0 Å². The van der Waals surface area contributed by atoms with E-state index in [-0.39, 0.29) is 36.3 Å². The Hall–Kier alpha value is -2.74. The number of unbranched alkanes of at least 4 members (excludes halogenated alkanes) is 1. The van der Waals surface area contributed by atoms with Crippen molar-refractivity contribution in [2.75, 3.05) is 13.2 Å². The van der Waals surface area contributed by atoms with Gasteiger partial charge in [0.1, 0.15) is 6.04 Å². The molecular formula is C19H26N4O4. The maximum atomic E-state index is 12.5. The normalized spacial score (nSPS) is 12.1. The monoisotopic (exact) mass is 374 g/mol. The first-order valence-electron chi connectivity index (χ1n) is 9.08. The van der Waals surface area contributed by atoms with Crippen molar-refractivity contribution in [3.8, 4) is 0 Å². The van der Waals surface area contributed by atoms with E-state index in [4.69, 9.17) is 5.11 Å². The van der Waals surface area contributed by atoms with Gasteiger partial charge in [-0.25, -0.2) is 5.10 Å². The molecule has 8 heteroatoms. The average molecular weight is 374 g/mol. The van der Waals surface area contributed by atoms with Gasteiger partial charge in [-0.1, -0.05) is 32.0 Å². The van der Waals surface area contributed by atoms with Crippen LogP contribution in [0.3, 0.4) is 0 Å². The number of nitrogens with zero attached hydrogens (tertiary/aromatic N) is 1. The van der Waals surface area contributed by atoms with Gasteiger partial charge in [-0.3, -0.25) is 14.4 Å². The first kappa shape index (κ1) is 20.6. The summed E-state index contributed by atoms with van der Waals surface area (Å²) in [4.78, 5) is 36.7. The second-order valence-corrected chi connectivity index (χ2v) is 6.73. The molecule has 2 aromatic rings. The summed E-state index contributed by atoms with van der Waals surface area (Å²) < 4.78 is 0. The minimum Gasteiger partial charge on any atom is -0.396 e. The van der Waals surface area contributed by atoms with Gasteiger partial charge in [0.25, 0.3) is 5.56 Å². The SMILES string of the molecule is CC(C)C(NC(=O)Cc1n[nH]c(=O)c2ccccc12)C(=O)NCCCCO. The Kier molecular flexibility index (Phi) is 7.48. The summed E-state index contributed by atoms with van der Waals surface area (Å²) in [7, 11) is 0. The first-order valence-corrected chi connectivity index (χ1v) is 9.08.